The summed E-state index contributed by atoms with van der Waals surface area (Å²) in [6.07, 6.45) is 2.40. The number of rotatable bonds is 0. The molecule has 20 heavy (non-hydrogen) atoms. The number of nitriles is 1. The first kappa shape index (κ1) is 16.2. The molecule has 4 nitrogen and oxygen atoms in total. The number of nitrogen functional groups attached to an aromatic ring is 1. The van der Waals surface area contributed by atoms with E-state index in [0.29, 0.717) is 12.1 Å². The molecule has 7 heteroatoms. The number of alkyl halides is 3. The average molecular weight is 286 g/mol. The van der Waals surface area contributed by atoms with Crippen LogP contribution in [0.15, 0.2) is 6.20 Å². The van der Waals surface area contributed by atoms with Crippen molar-refractivity contribution in [3.63, 3.8) is 0 Å². The Hall–Kier alpha value is -1.84. The van der Waals surface area contributed by atoms with E-state index < -0.39 is 17.6 Å². The van der Waals surface area contributed by atoms with E-state index in [-0.39, 0.29) is 5.82 Å². The van der Waals surface area contributed by atoms with Crippen molar-refractivity contribution < 1.29 is 13.2 Å². The summed E-state index contributed by atoms with van der Waals surface area (Å²) in [4.78, 5) is 6.78. The number of aryl methyl sites for hydroxylation is 1. The van der Waals surface area contributed by atoms with Crippen LogP contribution < -0.4 is 5.73 Å². The molecule has 2 rings (SSSR count). The number of halogens is 3. The fourth-order valence-corrected chi connectivity index (χ4v) is 1.94. The molecular formula is C13H17F3N4. The fourth-order valence-electron chi connectivity index (χ4n) is 1.94. The molecule has 1 aromatic heterocycles. The van der Waals surface area contributed by atoms with Gasteiger partial charge < -0.3 is 5.73 Å². The molecule has 1 heterocycles. The van der Waals surface area contributed by atoms with Crippen molar-refractivity contribution in [3.8, 4) is 6.07 Å². The van der Waals surface area contributed by atoms with Crippen LogP contribution in [0.3, 0.4) is 0 Å². The van der Waals surface area contributed by atoms with Gasteiger partial charge in [-0.2, -0.15) is 18.4 Å². The van der Waals surface area contributed by atoms with Crippen LogP contribution in [0.25, 0.3) is 0 Å². The molecule has 0 spiro atoms. The fraction of sp³-hybridized carbons (Fsp3) is 0.615. The van der Waals surface area contributed by atoms with Gasteiger partial charge in [-0.05, 0) is 19.8 Å². The Labute approximate surface area is 115 Å². The van der Waals surface area contributed by atoms with Gasteiger partial charge >= 0.3 is 6.18 Å². The SMILES string of the molecule is Cc1ncc(C(F)(F)F)c(N)n1.N#CC1CCCCC1. The van der Waals surface area contributed by atoms with Gasteiger partial charge in [0.2, 0.25) is 0 Å². The van der Waals surface area contributed by atoms with Gasteiger partial charge in [-0.3, -0.25) is 0 Å². The van der Waals surface area contributed by atoms with Crippen LogP contribution in [0.2, 0.25) is 0 Å². The van der Waals surface area contributed by atoms with Gasteiger partial charge in [-0.15, -0.1) is 0 Å². The van der Waals surface area contributed by atoms with Crippen LogP contribution >= 0.6 is 0 Å². The first-order chi connectivity index (χ1) is 9.34. The van der Waals surface area contributed by atoms with Gasteiger partial charge in [-0.1, -0.05) is 19.3 Å². The zero-order chi connectivity index (χ0) is 15.2. The minimum atomic E-state index is -4.47. The topological polar surface area (TPSA) is 75.6 Å². The Balaban J connectivity index is 0.000000217. The molecule has 1 aliphatic carbocycles. The third-order valence-corrected chi connectivity index (χ3v) is 3.03. The third kappa shape index (κ3) is 5.03. The van der Waals surface area contributed by atoms with Crippen molar-refractivity contribution >= 4 is 5.82 Å². The van der Waals surface area contributed by atoms with Crippen molar-refractivity contribution in [2.24, 2.45) is 5.92 Å². The molecule has 0 saturated heterocycles. The molecule has 0 unspecified atom stereocenters. The Morgan fingerprint density at radius 1 is 1.30 bits per heavy atom. The van der Waals surface area contributed by atoms with E-state index >= 15 is 0 Å². The molecule has 1 aliphatic rings. The quantitative estimate of drug-likeness (QED) is 0.792. The van der Waals surface area contributed by atoms with Gasteiger partial charge in [0.05, 0.1) is 6.07 Å². The normalized spacial score (nSPS) is 15.9. The first-order valence-corrected chi connectivity index (χ1v) is 6.40. The van der Waals surface area contributed by atoms with E-state index in [9.17, 15) is 13.2 Å². The maximum Gasteiger partial charge on any atom is 0.421 e. The van der Waals surface area contributed by atoms with E-state index in [4.69, 9.17) is 11.0 Å². The lowest BCUT2D eigenvalue weighted by Crippen LogP contribution is -2.11. The first-order valence-electron chi connectivity index (χ1n) is 6.40. The zero-order valence-electron chi connectivity index (χ0n) is 11.2. The van der Waals surface area contributed by atoms with E-state index in [0.717, 1.165) is 12.8 Å². The average Bonchev–Trinajstić information content (AvgIpc) is 2.38. The van der Waals surface area contributed by atoms with Crippen molar-refractivity contribution in [3.05, 3.63) is 17.6 Å². The second-order valence-electron chi connectivity index (χ2n) is 4.68. The van der Waals surface area contributed by atoms with Crippen molar-refractivity contribution in [1.82, 2.24) is 9.97 Å². The number of nitrogens with zero attached hydrogens (tertiary/aromatic N) is 3. The number of nitrogens with two attached hydrogens (primary N) is 1. The number of anilines is 1. The zero-order valence-corrected chi connectivity index (χ0v) is 11.2. The lowest BCUT2D eigenvalue weighted by Gasteiger charge is -2.13. The monoisotopic (exact) mass is 286 g/mol. The van der Waals surface area contributed by atoms with Crippen LogP contribution in [-0.4, -0.2) is 9.97 Å². The molecule has 0 bridgehead atoms. The summed E-state index contributed by atoms with van der Waals surface area (Å²) < 4.78 is 36.1. The molecular weight excluding hydrogens is 269 g/mol. The summed E-state index contributed by atoms with van der Waals surface area (Å²) >= 11 is 0. The second kappa shape index (κ2) is 7.08. The summed E-state index contributed by atoms with van der Waals surface area (Å²) in [6.45, 7) is 1.47. The molecule has 2 N–H and O–H groups in total. The van der Waals surface area contributed by atoms with Crippen molar-refractivity contribution in [2.75, 3.05) is 5.73 Å². The standard InChI is InChI=1S/C7H11N.C6H6F3N3/c8-6-7-4-2-1-3-5-7;1-3-11-2-4(5(10)12-3)6(7,8)9/h7H,1-5H2;2H,1H3,(H2,10,11,12). The molecule has 1 fully saturated rings. The summed E-state index contributed by atoms with van der Waals surface area (Å²) in [5.41, 5.74) is 4.04. The molecule has 1 aromatic rings. The summed E-state index contributed by atoms with van der Waals surface area (Å²) in [6, 6.07) is 2.30. The van der Waals surface area contributed by atoms with Crippen LogP contribution in [0.4, 0.5) is 19.0 Å². The van der Waals surface area contributed by atoms with Crippen molar-refractivity contribution in [1.29, 1.82) is 5.26 Å². The molecule has 110 valence electrons. The lowest BCUT2D eigenvalue weighted by atomic mass is 9.91. The van der Waals surface area contributed by atoms with Gasteiger partial charge in [0.15, 0.2) is 0 Å². The third-order valence-electron chi connectivity index (χ3n) is 3.03. The highest BCUT2D eigenvalue weighted by Crippen LogP contribution is 2.31. The highest BCUT2D eigenvalue weighted by molar-refractivity contribution is 5.39. The maximum absolute atomic E-state index is 12.0. The van der Waals surface area contributed by atoms with Crippen LogP contribution in [0, 0.1) is 24.2 Å². The van der Waals surface area contributed by atoms with Crippen LogP contribution in [0.1, 0.15) is 43.5 Å². The van der Waals surface area contributed by atoms with Crippen LogP contribution in [-0.2, 0) is 6.18 Å². The minimum Gasteiger partial charge on any atom is -0.383 e. The number of hydrogen-bond donors (Lipinski definition) is 1. The van der Waals surface area contributed by atoms with Crippen molar-refractivity contribution in [2.45, 2.75) is 45.2 Å². The van der Waals surface area contributed by atoms with Gasteiger partial charge in [0.1, 0.15) is 17.2 Å². The molecule has 0 atom stereocenters. The predicted octanol–water partition coefficient (Wildman–Crippen LogP) is 3.48. The maximum atomic E-state index is 12.0. The second-order valence-corrected chi connectivity index (χ2v) is 4.68. The van der Waals surface area contributed by atoms with Gasteiger partial charge in [0.25, 0.3) is 0 Å². The smallest absolute Gasteiger partial charge is 0.383 e. The Kier molecular flexibility index (Phi) is 5.74. The highest BCUT2D eigenvalue weighted by atomic mass is 19.4. The number of aromatic nitrogens is 2. The lowest BCUT2D eigenvalue weighted by molar-refractivity contribution is -0.137. The van der Waals surface area contributed by atoms with E-state index in [1.807, 2.05) is 0 Å². The predicted molar refractivity (Wildman–Crippen MR) is 68.4 cm³/mol. The minimum absolute atomic E-state index is 0.223. The largest absolute Gasteiger partial charge is 0.421 e. The Morgan fingerprint density at radius 2 is 1.90 bits per heavy atom. The molecule has 0 aromatic carbocycles. The van der Waals surface area contributed by atoms with E-state index in [2.05, 4.69) is 16.0 Å². The molecule has 0 amide bonds. The van der Waals surface area contributed by atoms with Gasteiger partial charge in [0, 0.05) is 12.1 Å². The molecule has 1 saturated carbocycles. The number of hydrogen-bond acceptors (Lipinski definition) is 4. The summed E-state index contributed by atoms with van der Waals surface area (Å²) in [5.74, 6) is 0.0826. The highest BCUT2D eigenvalue weighted by Gasteiger charge is 2.34. The Morgan fingerprint density at radius 3 is 2.30 bits per heavy atom. The van der Waals surface area contributed by atoms with E-state index in [1.54, 1.807) is 0 Å². The molecule has 0 aliphatic heterocycles. The van der Waals surface area contributed by atoms with Gasteiger partial charge in [-0.25, -0.2) is 9.97 Å². The summed E-state index contributed by atoms with van der Waals surface area (Å²) in [5, 5.41) is 8.44. The van der Waals surface area contributed by atoms with Crippen LogP contribution in [0.5, 0.6) is 0 Å². The van der Waals surface area contributed by atoms with E-state index in [1.165, 1.54) is 26.2 Å². The summed E-state index contributed by atoms with van der Waals surface area (Å²) in [7, 11) is 0. The Bertz CT molecular complexity index is 473. The molecule has 0 radical (unpaired) electrons.